The lowest BCUT2D eigenvalue weighted by Gasteiger charge is -2.07. The van der Waals surface area contributed by atoms with E-state index in [0.717, 1.165) is 29.5 Å². The van der Waals surface area contributed by atoms with Crippen LogP contribution in [0.1, 0.15) is 57.1 Å². The molecule has 2 heteroatoms. The summed E-state index contributed by atoms with van der Waals surface area (Å²) >= 11 is 0. The molecule has 0 aliphatic carbocycles. The van der Waals surface area contributed by atoms with Gasteiger partial charge in [0.2, 0.25) is 0 Å². The Morgan fingerprint density at radius 2 is 1.46 bits per heavy atom. The Labute approximate surface area is 168 Å². The van der Waals surface area contributed by atoms with Gasteiger partial charge in [0.05, 0.1) is 5.69 Å². The van der Waals surface area contributed by atoms with Crippen LogP contribution in [0.4, 0.5) is 4.39 Å². The van der Waals surface area contributed by atoms with Gasteiger partial charge in [-0.15, -0.1) is 0 Å². The predicted octanol–water partition coefficient (Wildman–Crippen LogP) is 7.63. The summed E-state index contributed by atoms with van der Waals surface area (Å²) in [5.41, 5.74) is 5.83. The van der Waals surface area contributed by atoms with E-state index in [2.05, 4.69) is 36.2 Å². The molecule has 0 unspecified atom stereocenters. The molecule has 0 spiro atoms. The minimum atomic E-state index is -0.206. The summed E-state index contributed by atoms with van der Waals surface area (Å²) in [5, 5.41) is 0. The quantitative estimate of drug-likeness (QED) is 0.350. The molecule has 0 N–H and O–H groups in total. The van der Waals surface area contributed by atoms with Gasteiger partial charge in [-0.2, -0.15) is 0 Å². The summed E-state index contributed by atoms with van der Waals surface area (Å²) in [6.07, 6.45) is 10.4. The van der Waals surface area contributed by atoms with Gasteiger partial charge in [0.15, 0.2) is 0 Å². The van der Waals surface area contributed by atoms with Crippen molar-refractivity contribution in [3.05, 3.63) is 77.7 Å². The first-order valence-corrected chi connectivity index (χ1v) is 10.6. The van der Waals surface area contributed by atoms with E-state index in [1.165, 1.54) is 37.7 Å². The van der Waals surface area contributed by atoms with Crippen molar-refractivity contribution in [2.45, 2.75) is 58.8 Å². The highest BCUT2D eigenvalue weighted by molar-refractivity contribution is 5.67. The molecule has 1 heterocycles. The molecule has 0 amide bonds. The maximum Gasteiger partial charge on any atom is 0.132 e. The first-order valence-electron chi connectivity index (χ1n) is 10.6. The van der Waals surface area contributed by atoms with Crippen LogP contribution < -0.4 is 0 Å². The smallest absolute Gasteiger partial charge is 0.132 e. The van der Waals surface area contributed by atoms with Crippen LogP contribution in [-0.4, -0.2) is 4.98 Å². The summed E-state index contributed by atoms with van der Waals surface area (Å²) in [4.78, 5) is 4.50. The van der Waals surface area contributed by atoms with Crippen LogP contribution in [0.25, 0.3) is 22.4 Å². The molecule has 3 aromatic rings. The van der Waals surface area contributed by atoms with Gasteiger partial charge in [-0.3, -0.25) is 4.98 Å². The van der Waals surface area contributed by atoms with Crippen molar-refractivity contribution in [2.75, 3.05) is 0 Å². The van der Waals surface area contributed by atoms with Crippen LogP contribution in [0, 0.1) is 5.82 Å². The van der Waals surface area contributed by atoms with Crippen molar-refractivity contribution < 1.29 is 4.39 Å². The number of unbranched alkanes of at least 4 members (excludes halogenated alkanes) is 4. The van der Waals surface area contributed by atoms with E-state index < -0.39 is 0 Å². The van der Waals surface area contributed by atoms with Crippen molar-refractivity contribution in [2.24, 2.45) is 0 Å². The summed E-state index contributed by atoms with van der Waals surface area (Å²) in [7, 11) is 0. The highest BCUT2D eigenvalue weighted by Gasteiger charge is 2.08. The number of pyridine rings is 1. The molecule has 0 aliphatic heterocycles. The molecule has 0 aliphatic rings. The van der Waals surface area contributed by atoms with Gasteiger partial charge >= 0.3 is 0 Å². The van der Waals surface area contributed by atoms with Crippen molar-refractivity contribution in [1.29, 1.82) is 0 Å². The fraction of sp³-hybridized carbons (Fsp3) is 0.346. The molecule has 0 saturated carbocycles. The average molecular weight is 376 g/mol. The molecule has 0 fully saturated rings. The number of aryl methyl sites for hydroxylation is 2. The fourth-order valence-corrected chi connectivity index (χ4v) is 3.51. The number of aromatic nitrogens is 1. The molecule has 28 heavy (non-hydrogen) atoms. The standard InChI is InChI=1S/C26H30FN/c1-3-5-6-7-8-9-21-10-13-22(14-11-21)23-15-17-26(28-19-23)24-16-12-20(4-2)18-25(24)27/h10-19H,3-9H2,1-2H3. The highest BCUT2D eigenvalue weighted by atomic mass is 19.1. The van der Waals surface area contributed by atoms with Gasteiger partial charge in [-0.1, -0.05) is 75.9 Å². The third-order valence-electron chi connectivity index (χ3n) is 5.34. The van der Waals surface area contributed by atoms with Gasteiger partial charge in [-0.25, -0.2) is 4.39 Å². The normalized spacial score (nSPS) is 11.0. The Kier molecular flexibility index (Phi) is 7.36. The number of hydrogen-bond donors (Lipinski definition) is 0. The zero-order chi connectivity index (χ0) is 19.8. The van der Waals surface area contributed by atoms with E-state index >= 15 is 0 Å². The molecular weight excluding hydrogens is 345 g/mol. The fourth-order valence-electron chi connectivity index (χ4n) is 3.51. The Morgan fingerprint density at radius 1 is 0.750 bits per heavy atom. The van der Waals surface area contributed by atoms with Crippen molar-refractivity contribution in [3.8, 4) is 22.4 Å². The van der Waals surface area contributed by atoms with E-state index in [1.807, 2.05) is 37.4 Å². The number of nitrogens with zero attached hydrogens (tertiary/aromatic N) is 1. The topological polar surface area (TPSA) is 12.9 Å². The van der Waals surface area contributed by atoms with E-state index in [0.29, 0.717) is 11.3 Å². The Balaban J connectivity index is 1.65. The van der Waals surface area contributed by atoms with Gasteiger partial charge < -0.3 is 0 Å². The van der Waals surface area contributed by atoms with Crippen LogP contribution >= 0.6 is 0 Å². The number of rotatable bonds is 9. The lowest BCUT2D eigenvalue weighted by atomic mass is 10.0. The molecule has 0 atom stereocenters. The summed E-state index contributed by atoms with van der Waals surface area (Å²) in [6.45, 7) is 4.28. The SMILES string of the molecule is CCCCCCCc1ccc(-c2ccc(-c3ccc(CC)cc3F)nc2)cc1. The van der Waals surface area contributed by atoms with E-state index in [1.54, 1.807) is 6.07 Å². The van der Waals surface area contributed by atoms with Crippen LogP contribution in [0.3, 0.4) is 0 Å². The van der Waals surface area contributed by atoms with Crippen LogP contribution in [0.2, 0.25) is 0 Å². The van der Waals surface area contributed by atoms with Gasteiger partial charge in [0.1, 0.15) is 5.82 Å². The lowest BCUT2D eigenvalue weighted by molar-refractivity contribution is 0.628. The first-order chi connectivity index (χ1) is 13.7. The predicted molar refractivity (Wildman–Crippen MR) is 117 cm³/mol. The molecule has 0 saturated heterocycles. The molecule has 0 radical (unpaired) electrons. The maximum absolute atomic E-state index is 14.3. The van der Waals surface area contributed by atoms with Gasteiger partial charge in [0.25, 0.3) is 0 Å². The second-order valence-corrected chi connectivity index (χ2v) is 7.46. The zero-order valence-corrected chi connectivity index (χ0v) is 17.0. The van der Waals surface area contributed by atoms with E-state index in [4.69, 9.17) is 0 Å². The zero-order valence-electron chi connectivity index (χ0n) is 17.0. The Bertz CT molecular complexity index is 866. The Morgan fingerprint density at radius 3 is 2.11 bits per heavy atom. The molecule has 2 aromatic carbocycles. The van der Waals surface area contributed by atoms with E-state index in [9.17, 15) is 4.39 Å². The summed E-state index contributed by atoms with van der Waals surface area (Å²) in [5.74, 6) is -0.206. The number of halogens is 1. The van der Waals surface area contributed by atoms with Crippen LogP contribution in [0.5, 0.6) is 0 Å². The number of benzene rings is 2. The highest BCUT2D eigenvalue weighted by Crippen LogP contribution is 2.25. The first kappa shape index (κ1) is 20.3. The second-order valence-electron chi connectivity index (χ2n) is 7.46. The molecular formula is C26H30FN. The molecule has 1 aromatic heterocycles. The molecule has 146 valence electrons. The summed E-state index contributed by atoms with van der Waals surface area (Å²) < 4.78 is 14.3. The lowest BCUT2D eigenvalue weighted by Crippen LogP contribution is -1.91. The second kappa shape index (κ2) is 10.2. The summed E-state index contributed by atoms with van der Waals surface area (Å²) in [6, 6.07) is 18.1. The van der Waals surface area contributed by atoms with Crippen molar-refractivity contribution in [1.82, 2.24) is 4.98 Å². The minimum absolute atomic E-state index is 0.206. The van der Waals surface area contributed by atoms with Crippen LogP contribution in [-0.2, 0) is 12.8 Å². The third-order valence-corrected chi connectivity index (χ3v) is 5.34. The van der Waals surface area contributed by atoms with Gasteiger partial charge in [0, 0.05) is 17.3 Å². The third kappa shape index (κ3) is 5.28. The molecule has 0 bridgehead atoms. The number of hydrogen-bond acceptors (Lipinski definition) is 1. The molecule has 1 nitrogen and oxygen atoms in total. The average Bonchev–Trinajstić information content (AvgIpc) is 2.74. The molecule has 3 rings (SSSR count). The van der Waals surface area contributed by atoms with Crippen molar-refractivity contribution in [3.63, 3.8) is 0 Å². The monoisotopic (exact) mass is 375 g/mol. The Hall–Kier alpha value is -2.48. The van der Waals surface area contributed by atoms with Gasteiger partial charge in [-0.05, 0) is 54.2 Å². The van der Waals surface area contributed by atoms with E-state index in [-0.39, 0.29) is 5.82 Å². The minimum Gasteiger partial charge on any atom is -0.256 e. The maximum atomic E-state index is 14.3. The largest absolute Gasteiger partial charge is 0.256 e. The van der Waals surface area contributed by atoms with Crippen LogP contribution in [0.15, 0.2) is 60.8 Å². The van der Waals surface area contributed by atoms with Crippen molar-refractivity contribution >= 4 is 0 Å².